The SMILES string of the molecule is CC(C)(C)OC=O.CN1CCc2ccc(N(C)c3ccccc3)nc2CC1. The number of fused-ring (bicyclic) bond motifs is 1. The van der Waals surface area contributed by atoms with Crippen LogP contribution in [0.5, 0.6) is 0 Å². The summed E-state index contributed by atoms with van der Waals surface area (Å²) in [5.41, 5.74) is 3.52. The first kappa shape index (κ1) is 20.9. The van der Waals surface area contributed by atoms with Crippen molar-refractivity contribution in [3.05, 3.63) is 53.7 Å². The number of anilines is 2. The Bertz CT molecular complexity index is 726. The number of benzene rings is 1. The molecule has 0 fully saturated rings. The van der Waals surface area contributed by atoms with E-state index in [0.717, 1.165) is 31.7 Å². The van der Waals surface area contributed by atoms with Gasteiger partial charge in [-0.15, -0.1) is 0 Å². The van der Waals surface area contributed by atoms with Crippen LogP contribution in [-0.4, -0.2) is 49.1 Å². The first-order valence-corrected chi connectivity index (χ1v) is 9.38. The zero-order valence-corrected chi connectivity index (χ0v) is 17.1. The fourth-order valence-electron chi connectivity index (χ4n) is 2.80. The van der Waals surface area contributed by atoms with Gasteiger partial charge < -0.3 is 14.5 Å². The van der Waals surface area contributed by atoms with Crippen molar-refractivity contribution in [1.29, 1.82) is 0 Å². The molecule has 1 aromatic carbocycles. The molecule has 27 heavy (non-hydrogen) atoms. The van der Waals surface area contributed by atoms with Gasteiger partial charge in [-0.05, 0) is 58.0 Å². The lowest BCUT2D eigenvalue weighted by Gasteiger charge is -2.19. The van der Waals surface area contributed by atoms with Crippen LogP contribution >= 0.6 is 0 Å². The molecule has 2 heterocycles. The topological polar surface area (TPSA) is 45.7 Å². The van der Waals surface area contributed by atoms with Crippen molar-refractivity contribution in [3.8, 4) is 0 Å². The maximum Gasteiger partial charge on any atom is 0.293 e. The number of carbonyl (C=O) groups is 1. The Hall–Kier alpha value is -2.40. The van der Waals surface area contributed by atoms with E-state index in [9.17, 15) is 4.79 Å². The van der Waals surface area contributed by atoms with E-state index in [1.54, 1.807) is 0 Å². The quantitative estimate of drug-likeness (QED) is 0.769. The summed E-state index contributed by atoms with van der Waals surface area (Å²) in [7, 11) is 4.26. The molecule has 0 radical (unpaired) electrons. The number of hydrogen-bond donors (Lipinski definition) is 0. The van der Waals surface area contributed by atoms with Gasteiger partial charge >= 0.3 is 0 Å². The molecular weight excluding hydrogens is 338 g/mol. The lowest BCUT2D eigenvalue weighted by atomic mass is 10.1. The summed E-state index contributed by atoms with van der Waals surface area (Å²) in [5.74, 6) is 1.03. The number of ether oxygens (including phenoxy) is 1. The highest BCUT2D eigenvalue weighted by Gasteiger charge is 2.14. The van der Waals surface area contributed by atoms with Crippen LogP contribution in [0.15, 0.2) is 42.5 Å². The number of aromatic nitrogens is 1. The van der Waals surface area contributed by atoms with E-state index in [1.165, 1.54) is 16.9 Å². The summed E-state index contributed by atoms with van der Waals surface area (Å²) in [4.78, 5) is 19.0. The molecule has 0 atom stereocenters. The van der Waals surface area contributed by atoms with E-state index in [1.807, 2.05) is 26.8 Å². The largest absolute Gasteiger partial charge is 0.462 e. The second-order valence-electron chi connectivity index (χ2n) is 7.80. The fraction of sp³-hybridized carbons (Fsp3) is 0.455. The Morgan fingerprint density at radius 2 is 1.74 bits per heavy atom. The lowest BCUT2D eigenvalue weighted by Crippen LogP contribution is -2.20. The van der Waals surface area contributed by atoms with Crippen molar-refractivity contribution in [2.24, 2.45) is 0 Å². The normalized spacial score (nSPS) is 14.3. The highest BCUT2D eigenvalue weighted by molar-refractivity contribution is 5.59. The Balaban J connectivity index is 0.000000321. The van der Waals surface area contributed by atoms with E-state index in [0.29, 0.717) is 6.47 Å². The van der Waals surface area contributed by atoms with Crippen LogP contribution in [0.3, 0.4) is 0 Å². The summed E-state index contributed by atoms with van der Waals surface area (Å²) >= 11 is 0. The molecule has 0 aliphatic carbocycles. The summed E-state index contributed by atoms with van der Waals surface area (Å²) in [6, 6.07) is 14.8. The zero-order valence-electron chi connectivity index (χ0n) is 17.1. The van der Waals surface area contributed by atoms with Crippen LogP contribution < -0.4 is 4.90 Å². The first-order chi connectivity index (χ1) is 12.8. The van der Waals surface area contributed by atoms with Gasteiger partial charge in [0.15, 0.2) is 0 Å². The van der Waals surface area contributed by atoms with E-state index >= 15 is 0 Å². The number of likely N-dealkylation sites (N-methyl/N-ethyl adjacent to an activating group) is 1. The van der Waals surface area contributed by atoms with Crippen LogP contribution in [-0.2, 0) is 22.4 Å². The van der Waals surface area contributed by atoms with Crippen molar-refractivity contribution in [3.63, 3.8) is 0 Å². The number of nitrogens with zero attached hydrogens (tertiary/aromatic N) is 3. The minimum atomic E-state index is -0.318. The average Bonchev–Trinajstić information content (AvgIpc) is 2.83. The predicted molar refractivity (Wildman–Crippen MR) is 111 cm³/mol. The van der Waals surface area contributed by atoms with Gasteiger partial charge in [-0.25, -0.2) is 4.98 Å². The summed E-state index contributed by atoms with van der Waals surface area (Å²) in [5, 5.41) is 0. The van der Waals surface area contributed by atoms with Gasteiger partial charge in [0, 0.05) is 37.9 Å². The number of rotatable bonds is 3. The molecular formula is C22H31N3O2. The summed E-state index contributed by atoms with van der Waals surface area (Å²) in [6.45, 7) is 8.14. The standard InChI is InChI=1S/C17H21N3.C5H10O2/c1-19-12-10-14-8-9-17(18-16(14)11-13-19)20(2)15-6-4-3-5-7-15;1-5(2,3)7-4-6/h3-9H,10-13H2,1-2H3;4H,1-3H3. The van der Waals surface area contributed by atoms with Crippen LogP contribution in [0.25, 0.3) is 0 Å². The second kappa shape index (κ2) is 9.51. The van der Waals surface area contributed by atoms with E-state index in [4.69, 9.17) is 4.98 Å². The number of carbonyl (C=O) groups excluding carboxylic acids is 1. The molecule has 0 saturated heterocycles. The molecule has 0 amide bonds. The third kappa shape index (κ3) is 6.68. The molecule has 1 aliphatic rings. The van der Waals surface area contributed by atoms with Gasteiger partial charge in [-0.1, -0.05) is 24.3 Å². The van der Waals surface area contributed by atoms with Gasteiger partial charge in [0.1, 0.15) is 11.4 Å². The van der Waals surface area contributed by atoms with Crippen molar-refractivity contribution < 1.29 is 9.53 Å². The van der Waals surface area contributed by atoms with Crippen molar-refractivity contribution in [2.75, 3.05) is 32.1 Å². The third-order valence-electron chi connectivity index (χ3n) is 4.44. The van der Waals surface area contributed by atoms with Crippen LogP contribution in [0.2, 0.25) is 0 Å². The van der Waals surface area contributed by atoms with Gasteiger partial charge in [-0.2, -0.15) is 0 Å². The Morgan fingerprint density at radius 1 is 1.07 bits per heavy atom. The molecule has 0 unspecified atom stereocenters. The van der Waals surface area contributed by atoms with Gasteiger partial charge in [0.05, 0.1) is 0 Å². The maximum atomic E-state index is 9.60. The molecule has 3 rings (SSSR count). The smallest absolute Gasteiger partial charge is 0.293 e. The molecule has 0 spiro atoms. The number of para-hydroxylation sites is 1. The molecule has 0 saturated carbocycles. The van der Waals surface area contributed by atoms with Crippen LogP contribution in [0.4, 0.5) is 11.5 Å². The van der Waals surface area contributed by atoms with E-state index in [-0.39, 0.29) is 5.60 Å². The lowest BCUT2D eigenvalue weighted by molar-refractivity contribution is -0.138. The molecule has 146 valence electrons. The van der Waals surface area contributed by atoms with Crippen molar-refractivity contribution >= 4 is 18.0 Å². The highest BCUT2D eigenvalue weighted by Crippen LogP contribution is 2.24. The average molecular weight is 370 g/mol. The van der Waals surface area contributed by atoms with Gasteiger partial charge in [-0.3, -0.25) is 4.79 Å². The summed E-state index contributed by atoms with van der Waals surface area (Å²) < 4.78 is 4.55. The third-order valence-corrected chi connectivity index (χ3v) is 4.44. The Morgan fingerprint density at radius 3 is 2.33 bits per heavy atom. The Kier molecular flexibility index (Phi) is 7.36. The van der Waals surface area contributed by atoms with Gasteiger partial charge in [0.2, 0.25) is 0 Å². The molecule has 5 nitrogen and oxygen atoms in total. The zero-order chi connectivity index (χ0) is 19.9. The summed E-state index contributed by atoms with van der Waals surface area (Å²) in [6.07, 6.45) is 2.15. The number of pyridine rings is 1. The molecule has 5 heteroatoms. The van der Waals surface area contributed by atoms with E-state index in [2.05, 4.69) is 65.0 Å². The van der Waals surface area contributed by atoms with Crippen molar-refractivity contribution in [2.45, 2.75) is 39.2 Å². The monoisotopic (exact) mass is 369 g/mol. The van der Waals surface area contributed by atoms with E-state index < -0.39 is 0 Å². The van der Waals surface area contributed by atoms with Gasteiger partial charge in [0.25, 0.3) is 6.47 Å². The number of hydrogen-bond acceptors (Lipinski definition) is 5. The van der Waals surface area contributed by atoms with Crippen LogP contribution in [0, 0.1) is 0 Å². The Labute approximate surface area is 163 Å². The molecule has 2 aromatic rings. The minimum absolute atomic E-state index is 0.318. The second-order valence-corrected chi connectivity index (χ2v) is 7.80. The minimum Gasteiger partial charge on any atom is -0.462 e. The fourth-order valence-corrected chi connectivity index (χ4v) is 2.80. The first-order valence-electron chi connectivity index (χ1n) is 9.38. The maximum absolute atomic E-state index is 9.60. The van der Waals surface area contributed by atoms with Crippen molar-refractivity contribution in [1.82, 2.24) is 9.88 Å². The van der Waals surface area contributed by atoms with Crippen LogP contribution in [0.1, 0.15) is 32.0 Å². The molecule has 0 N–H and O–H groups in total. The highest BCUT2D eigenvalue weighted by atomic mass is 16.5. The molecule has 1 aliphatic heterocycles. The molecule has 0 bridgehead atoms. The predicted octanol–water partition coefficient (Wildman–Crippen LogP) is 3.84. The molecule has 1 aromatic heterocycles.